The van der Waals surface area contributed by atoms with Gasteiger partial charge in [0.1, 0.15) is 0 Å². The molecule has 2 rings (SSSR count). The normalized spacial score (nSPS) is 11.4. The highest BCUT2D eigenvalue weighted by molar-refractivity contribution is 5.89. The first kappa shape index (κ1) is 20.1. The van der Waals surface area contributed by atoms with Crippen molar-refractivity contribution in [1.29, 1.82) is 0 Å². The first-order chi connectivity index (χ1) is 12.0. The monoisotopic (exact) mass is 342 g/mol. The summed E-state index contributed by atoms with van der Waals surface area (Å²) in [7, 11) is 1.99. The Kier molecular flexibility index (Phi) is 9.25. The van der Waals surface area contributed by atoms with E-state index in [1.807, 2.05) is 19.3 Å². The fraction of sp³-hybridized carbons (Fsp3) is 0.211. The Hall–Kier alpha value is -2.99. The van der Waals surface area contributed by atoms with Gasteiger partial charge in [-0.05, 0) is 37.7 Å². The van der Waals surface area contributed by atoms with Crippen LogP contribution in [0.15, 0.2) is 66.9 Å². The molecule has 1 unspecified atom stereocenters. The number of carboxylic acid groups (broad SMARTS) is 2. The number of pyridine rings is 1. The molecule has 6 heteroatoms. The standard InChI is InChI=1S/C15H18N2.C4H4O4/c1-16-12-10-14(13-7-3-2-4-8-13)15-9-5-6-11-17-15;5-3(6)1-2-4(7)8/h2-9,11,14,16H,10,12H2,1H3;1-2H,(H,5,6)(H,7,8)/b;2-1-. The van der Waals surface area contributed by atoms with Crippen LogP contribution in [0.25, 0.3) is 0 Å². The Morgan fingerprint density at radius 2 is 1.64 bits per heavy atom. The predicted octanol–water partition coefficient (Wildman–Crippen LogP) is 2.53. The number of aromatic nitrogens is 1. The summed E-state index contributed by atoms with van der Waals surface area (Å²) >= 11 is 0. The fourth-order valence-electron chi connectivity index (χ4n) is 2.18. The maximum absolute atomic E-state index is 9.55. The van der Waals surface area contributed by atoms with Crippen LogP contribution in [-0.2, 0) is 9.59 Å². The average molecular weight is 342 g/mol. The summed E-state index contributed by atoms with van der Waals surface area (Å²) in [6.45, 7) is 0.996. The van der Waals surface area contributed by atoms with Gasteiger partial charge in [0.05, 0.1) is 0 Å². The third-order valence-electron chi connectivity index (χ3n) is 3.30. The van der Waals surface area contributed by atoms with Crippen LogP contribution in [0.5, 0.6) is 0 Å². The van der Waals surface area contributed by atoms with Crippen molar-refractivity contribution in [2.24, 2.45) is 0 Å². The molecule has 25 heavy (non-hydrogen) atoms. The molecular formula is C19H22N2O4. The van der Waals surface area contributed by atoms with Gasteiger partial charge in [-0.25, -0.2) is 9.59 Å². The van der Waals surface area contributed by atoms with Gasteiger partial charge in [0.15, 0.2) is 0 Å². The third kappa shape index (κ3) is 8.43. The van der Waals surface area contributed by atoms with E-state index in [-0.39, 0.29) is 0 Å². The first-order valence-corrected chi connectivity index (χ1v) is 7.79. The minimum atomic E-state index is -1.26. The van der Waals surface area contributed by atoms with Crippen LogP contribution in [0.1, 0.15) is 23.6 Å². The molecule has 0 radical (unpaired) electrons. The van der Waals surface area contributed by atoms with Gasteiger partial charge in [0.2, 0.25) is 0 Å². The fourth-order valence-corrected chi connectivity index (χ4v) is 2.18. The Morgan fingerprint density at radius 1 is 1.04 bits per heavy atom. The first-order valence-electron chi connectivity index (χ1n) is 7.79. The molecule has 1 aromatic carbocycles. The second-order valence-corrected chi connectivity index (χ2v) is 5.12. The van der Waals surface area contributed by atoms with Crippen molar-refractivity contribution in [3.05, 3.63) is 78.1 Å². The van der Waals surface area contributed by atoms with Crippen molar-refractivity contribution in [2.75, 3.05) is 13.6 Å². The second kappa shape index (κ2) is 11.5. The lowest BCUT2D eigenvalue weighted by atomic mass is 9.92. The number of hydrogen-bond acceptors (Lipinski definition) is 4. The Labute approximate surface area is 146 Å². The van der Waals surface area contributed by atoms with E-state index in [1.54, 1.807) is 0 Å². The van der Waals surface area contributed by atoms with Crippen LogP contribution in [0.3, 0.4) is 0 Å². The number of benzene rings is 1. The van der Waals surface area contributed by atoms with Gasteiger partial charge in [-0.1, -0.05) is 36.4 Å². The maximum atomic E-state index is 9.55. The molecule has 0 saturated carbocycles. The van der Waals surface area contributed by atoms with Crippen molar-refractivity contribution in [1.82, 2.24) is 10.3 Å². The quantitative estimate of drug-likeness (QED) is 0.669. The van der Waals surface area contributed by atoms with Crippen molar-refractivity contribution in [3.63, 3.8) is 0 Å². The zero-order valence-electron chi connectivity index (χ0n) is 14.0. The van der Waals surface area contributed by atoms with E-state index < -0.39 is 11.9 Å². The summed E-state index contributed by atoms with van der Waals surface area (Å²) in [6, 6.07) is 16.7. The Morgan fingerprint density at radius 3 is 2.12 bits per heavy atom. The molecule has 6 nitrogen and oxygen atoms in total. The lowest BCUT2D eigenvalue weighted by molar-refractivity contribution is -0.134. The van der Waals surface area contributed by atoms with E-state index in [0.29, 0.717) is 18.1 Å². The van der Waals surface area contributed by atoms with Crippen molar-refractivity contribution in [2.45, 2.75) is 12.3 Å². The molecule has 2 aromatic rings. The SMILES string of the molecule is CNCCC(c1ccccc1)c1ccccn1.O=C(O)/C=C\C(=O)O. The number of nitrogens with zero attached hydrogens (tertiary/aromatic N) is 1. The largest absolute Gasteiger partial charge is 0.478 e. The van der Waals surface area contributed by atoms with Gasteiger partial charge in [-0.3, -0.25) is 4.98 Å². The molecule has 0 bridgehead atoms. The minimum absolute atomic E-state index is 0.379. The number of nitrogens with one attached hydrogen (secondary N) is 1. The highest BCUT2D eigenvalue weighted by Gasteiger charge is 2.13. The summed E-state index contributed by atoms with van der Waals surface area (Å²) < 4.78 is 0. The number of carboxylic acids is 2. The van der Waals surface area contributed by atoms with Gasteiger partial charge in [-0.15, -0.1) is 0 Å². The molecule has 1 aromatic heterocycles. The zero-order valence-corrected chi connectivity index (χ0v) is 14.0. The van der Waals surface area contributed by atoms with Crippen LogP contribution in [-0.4, -0.2) is 40.7 Å². The number of hydrogen-bond donors (Lipinski definition) is 3. The van der Waals surface area contributed by atoms with Crippen molar-refractivity contribution >= 4 is 11.9 Å². The van der Waals surface area contributed by atoms with E-state index in [4.69, 9.17) is 10.2 Å². The predicted molar refractivity (Wildman–Crippen MR) is 95.5 cm³/mol. The van der Waals surface area contributed by atoms with Gasteiger partial charge in [-0.2, -0.15) is 0 Å². The van der Waals surface area contributed by atoms with Gasteiger partial charge in [0.25, 0.3) is 0 Å². The van der Waals surface area contributed by atoms with Crippen LogP contribution < -0.4 is 5.32 Å². The highest BCUT2D eigenvalue weighted by Crippen LogP contribution is 2.25. The topological polar surface area (TPSA) is 99.5 Å². The van der Waals surface area contributed by atoms with Crippen molar-refractivity contribution < 1.29 is 19.8 Å². The molecule has 0 aliphatic rings. The number of aliphatic carboxylic acids is 2. The average Bonchev–Trinajstić information content (AvgIpc) is 2.63. The Balaban J connectivity index is 0.000000333. The summed E-state index contributed by atoms with van der Waals surface area (Å²) in [5.74, 6) is -2.13. The van der Waals surface area contributed by atoms with E-state index >= 15 is 0 Å². The van der Waals surface area contributed by atoms with E-state index in [2.05, 4.69) is 52.8 Å². The van der Waals surface area contributed by atoms with Crippen LogP contribution in [0.2, 0.25) is 0 Å². The summed E-state index contributed by atoms with van der Waals surface area (Å²) in [5, 5.41) is 18.8. The molecular weight excluding hydrogens is 320 g/mol. The third-order valence-corrected chi connectivity index (χ3v) is 3.30. The van der Waals surface area contributed by atoms with Crippen LogP contribution >= 0.6 is 0 Å². The van der Waals surface area contributed by atoms with E-state index in [0.717, 1.165) is 18.7 Å². The van der Waals surface area contributed by atoms with Crippen LogP contribution in [0.4, 0.5) is 0 Å². The minimum Gasteiger partial charge on any atom is -0.478 e. The summed E-state index contributed by atoms with van der Waals surface area (Å²) in [4.78, 5) is 23.6. The smallest absolute Gasteiger partial charge is 0.328 e. The van der Waals surface area contributed by atoms with Crippen molar-refractivity contribution in [3.8, 4) is 0 Å². The zero-order chi connectivity index (χ0) is 18.5. The van der Waals surface area contributed by atoms with Crippen LogP contribution in [0, 0.1) is 0 Å². The van der Waals surface area contributed by atoms with Gasteiger partial charge in [0, 0.05) is 30.0 Å². The van der Waals surface area contributed by atoms with E-state index in [1.165, 1.54) is 5.56 Å². The second-order valence-electron chi connectivity index (χ2n) is 5.12. The Bertz CT molecular complexity index is 617. The molecule has 0 amide bonds. The molecule has 0 spiro atoms. The summed E-state index contributed by atoms with van der Waals surface area (Å²) in [6.07, 6.45) is 4.05. The molecule has 0 aliphatic carbocycles. The molecule has 1 heterocycles. The number of rotatable bonds is 7. The number of carbonyl (C=O) groups is 2. The van der Waals surface area contributed by atoms with E-state index in [9.17, 15) is 9.59 Å². The molecule has 3 N–H and O–H groups in total. The molecule has 132 valence electrons. The lowest BCUT2D eigenvalue weighted by Gasteiger charge is -2.16. The molecule has 0 saturated heterocycles. The highest BCUT2D eigenvalue weighted by atomic mass is 16.4. The van der Waals surface area contributed by atoms with Gasteiger partial charge >= 0.3 is 11.9 Å². The summed E-state index contributed by atoms with van der Waals surface area (Å²) in [5.41, 5.74) is 2.48. The molecule has 0 aliphatic heterocycles. The molecule has 0 fully saturated rings. The maximum Gasteiger partial charge on any atom is 0.328 e. The molecule has 1 atom stereocenters. The van der Waals surface area contributed by atoms with Gasteiger partial charge < -0.3 is 15.5 Å². The lowest BCUT2D eigenvalue weighted by Crippen LogP contribution is -2.13.